The molecule has 5 heteroatoms. The SMILES string of the molecule is CCC1CN(C(=O)c2ccc(Br)cc2C)CC/C1=N\O. The van der Waals surface area contributed by atoms with Crippen molar-refractivity contribution in [1.82, 2.24) is 4.90 Å². The van der Waals surface area contributed by atoms with E-state index in [4.69, 9.17) is 5.21 Å². The van der Waals surface area contributed by atoms with Gasteiger partial charge in [0.15, 0.2) is 0 Å². The van der Waals surface area contributed by atoms with E-state index in [1.807, 2.05) is 30.0 Å². The molecule has 0 aromatic heterocycles. The Labute approximate surface area is 127 Å². The van der Waals surface area contributed by atoms with Crippen LogP contribution in [0.15, 0.2) is 27.8 Å². The summed E-state index contributed by atoms with van der Waals surface area (Å²) in [4.78, 5) is 14.5. The Bertz CT molecular complexity index is 543. The summed E-state index contributed by atoms with van der Waals surface area (Å²) in [6.45, 7) is 5.24. The van der Waals surface area contributed by atoms with Gasteiger partial charge in [0.1, 0.15) is 0 Å². The van der Waals surface area contributed by atoms with Crippen molar-refractivity contribution in [2.45, 2.75) is 26.7 Å². The lowest BCUT2D eigenvalue weighted by atomic mass is 9.92. The molecule has 1 saturated heterocycles. The van der Waals surface area contributed by atoms with Gasteiger partial charge in [-0.1, -0.05) is 28.0 Å². The van der Waals surface area contributed by atoms with Crippen LogP contribution < -0.4 is 0 Å². The number of carbonyl (C=O) groups is 1. The van der Waals surface area contributed by atoms with Gasteiger partial charge in [0.25, 0.3) is 5.91 Å². The number of piperidine rings is 1. The summed E-state index contributed by atoms with van der Waals surface area (Å²) < 4.78 is 0.978. The molecule has 4 nitrogen and oxygen atoms in total. The zero-order valence-electron chi connectivity index (χ0n) is 11.8. The minimum atomic E-state index is 0.0606. The molecule has 0 saturated carbocycles. The van der Waals surface area contributed by atoms with E-state index in [1.165, 1.54) is 0 Å². The van der Waals surface area contributed by atoms with Crippen molar-refractivity contribution in [2.24, 2.45) is 11.1 Å². The van der Waals surface area contributed by atoms with Crippen molar-refractivity contribution in [3.63, 3.8) is 0 Å². The molecule has 1 amide bonds. The summed E-state index contributed by atoms with van der Waals surface area (Å²) in [6, 6.07) is 5.70. The maximum Gasteiger partial charge on any atom is 0.254 e. The summed E-state index contributed by atoms with van der Waals surface area (Å²) in [5.74, 6) is 0.221. The van der Waals surface area contributed by atoms with Crippen LogP contribution in [0.25, 0.3) is 0 Å². The van der Waals surface area contributed by atoms with Gasteiger partial charge in [-0.3, -0.25) is 4.79 Å². The Morgan fingerprint density at radius 3 is 2.90 bits per heavy atom. The summed E-state index contributed by atoms with van der Waals surface area (Å²) in [7, 11) is 0. The average Bonchev–Trinajstić information content (AvgIpc) is 2.45. The number of nitrogens with zero attached hydrogens (tertiary/aromatic N) is 2. The number of benzene rings is 1. The quantitative estimate of drug-likeness (QED) is 0.663. The van der Waals surface area contributed by atoms with Gasteiger partial charge in [-0.2, -0.15) is 0 Å². The van der Waals surface area contributed by atoms with Gasteiger partial charge in [0.2, 0.25) is 0 Å². The number of rotatable bonds is 2. The molecule has 0 aliphatic carbocycles. The second-order valence-corrected chi connectivity index (χ2v) is 6.07. The third kappa shape index (κ3) is 3.03. The van der Waals surface area contributed by atoms with Gasteiger partial charge in [0, 0.05) is 35.5 Å². The average molecular weight is 339 g/mol. The van der Waals surface area contributed by atoms with E-state index in [1.54, 1.807) is 0 Å². The van der Waals surface area contributed by atoms with Gasteiger partial charge in [-0.25, -0.2) is 0 Å². The molecule has 0 bridgehead atoms. The van der Waals surface area contributed by atoms with Crippen LogP contribution >= 0.6 is 15.9 Å². The first-order valence-electron chi connectivity index (χ1n) is 6.83. The number of likely N-dealkylation sites (tertiary alicyclic amines) is 1. The first kappa shape index (κ1) is 15.0. The van der Waals surface area contributed by atoms with E-state index in [9.17, 15) is 4.79 Å². The van der Waals surface area contributed by atoms with Crippen LogP contribution in [-0.4, -0.2) is 34.8 Å². The van der Waals surface area contributed by atoms with E-state index < -0.39 is 0 Å². The van der Waals surface area contributed by atoms with Gasteiger partial charge >= 0.3 is 0 Å². The molecule has 1 aromatic carbocycles. The monoisotopic (exact) mass is 338 g/mol. The third-order valence-corrected chi connectivity index (χ3v) is 4.37. The van der Waals surface area contributed by atoms with E-state index in [0.717, 1.165) is 27.7 Å². The fourth-order valence-electron chi connectivity index (χ4n) is 2.63. The van der Waals surface area contributed by atoms with Crippen LogP contribution in [0.2, 0.25) is 0 Å². The fourth-order valence-corrected chi connectivity index (χ4v) is 3.11. The Hall–Kier alpha value is -1.36. The van der Waals surface area contributed by atoms with Crippen molar-refractivity contribution in [3.8, 4) is 0 Å². The molecule has 20 heavy (non-hydrogen) atoms. The van der Waals surface area contributed by atoms with Crippen molar-refractivity contribution < 1.29 is 10.0 Å². The maximum absolute atomic E-state index is 12.6. The van der Waals surface area contributed by atoms with Crippen molar-refractivity contribution in [1.29, 1.82) is 0 Å². The number of amides is 1. The molecule has 1 unspecified atom stereocenters. The highest BCUT2D eigenvalue weighted by molar-refractivity contribution is 9.10. The highest BCUT2D eigenvalue weighted by Gasteiger charge is 2.28. The van der Waals surface area contributed by atoms with Gasteiger partial charge < -0.3 is 10.1 Å². The second-order valence-electron chi connectivity index (χ2n) is 5.16. The zero-order chi connectivity index (χ0) is 14.7. The Balaban J connectivity index is 2.18. The number of halogens is 1. The molecule has 1 aliphatic heterocycles. The Morgan fingerprint density at radius 2 is 2.30 bits per heavy atom. The minimum Gasteiger partial charge on any atom is -0.411 e. The van der Waals surface area contributed by atoms with E-state index in [-0.39, 0.29) is 11.8 Å². The molecule has 1 atom stereocenters. The lowest BCUT2D eigenvalue weighted by molar-refractivity contribution is 0.0728. The number of hydrogen-bond donors (Lipinski definition) is 1. The van der Waals surface area contributed by atoms with Gasteiger partial charge in [-0.15, -0.1) is 0 Å². The number of oxime groups is 1. The summed E-state index contributed by atoms with van der Waals surface area (Å²) in [5, 5.41) is 12.4. The Morgan fingerprint density at radius 1 is 1.55 bits per heavy atom. The van der Waals surface area contributed by atoms with E-state index in [0.29, 0.717) is 19.5 Å². The highest BCUT2D eigenvalue weighted by atomic mass is 79.9. The van der Waals surface area contributed by atoms with Crippen LogP contribution in [0.5, 0.6) is 0 Å². The molecule has 1 aromatic rings. The Kier molecular flexibility index (Phi) is 4.81. The van der Waals surface area contributed by atoms with Crippen LogP contribution in [-0.2, 0) is 0 Å². The molecule has 108 valence electrons. The molecular formula is C15H19BrN2O2. The predicted octanol–water partition coefficient (Wildman–Crippen LogP) is 3.46. The number of hydrogen-bond acceptors (Lipinski definition) is 3. The van der Waals surface area contributed by atoms with Crippen molar-refractivity contribution in [3.05, 3.63) is 33.8 Å². The third-order valence-electron chi connectivity index (χ3n) is 3.88. The van der Waals surface area contributed by atoms with E-state index in [2.05, 4.69) is 28.0 Å². The lowest BCUT2D eigenvalue weighted by Crippen LogP contribution is -2.44. The van der Waals surface area contributed by atoms with Crippen LogP contribution in [0.3, 0.4) is 0 Å². The van der Waals surface area contributed by atoms with Gasteiger partial charge in [0.05, 0.1) is 5.71 Å². The standard InChI is InChI=1S/C15H19BrN2O2/c1-3-11-9-18(7-6-14(11)17-20)15(19)13-5-4-12(16)8-10(13)2/h4-5,8,11,20H,3,6-7,9H2,1-2H3/b17-14+. The molecule has 0 spiro atoms. The first-order chi connectivity index (χ1) is 9.56. The van der Waals surface area contributed by atoms with Crippen molar-refractivity contribution in [2.75, 3.05) is 13.1 Å². The normalized spacial score (nSPS) is 21.2. The minimum absolute atomic E-state index is 0.0606. The number of carbonyl (C=O) groups excluding carboxylic acids is 1. The largest absolute Gasteiger partial charge is 0.411 e. The molecule has 1 aliphatic rings. The number of aryl methyl sites for hydroxylation is 1. The predicted molar refractivity (Wildman–Crippen MR) is 82.4 cm³/mol. The zero-order valence-corrected chi connectivity index (χ0v) is 13.4. The van der Waals surface area contributed by atoms with Crippen molar-refractivity contribution >= 4 is 27.5 Å². The topological polar surface area (TPSA) is 52.9 Å². The maximum atomic E-state index is 12.6. The van der Waals surface area contributed by atoms with Crippen LogP contribution in [0, 0.1) is 12.8 Å². The molecule has 1 N–H and O–H groups in total. The van der Waals surface area contributed by atoms with Crippen LogP contribution in [0.4, 0.5) is 0 Å². The smallest absolute Gasteiger partial charge is 0.254 e. The summed E-state index contributed by atoms with van der Waals surface area (Å²) in [6.07, 6.45) is 1.53. The van der Waals surface area contributed by atoms with Gasteiger partial charge in [-0.05, 0) is 37.1 Å². The molecule has 0 radical (unpaired) electrons. The summed E-state index contributed by atoms with van der Waals surface area (Å²) in [5.41, 5.74) is 2.52. The lowest BCUT2D eigenvalue weighted by Gasteiger charge is -2.33. The highest BCUT2D eigenvalue weighted by Crippen LogP contribution is 2.22. The second kappa shape index (κ2) is 6.39. The first-order valence-corrected chi connectivity index (χ1v) is 7.62. The molecule has 1 fully saturated rings. The summed E-state index contributed by atoms with van der Waals surface area (Å²) >= 11 is 3.41. The molecule has 1 heterocycles. The fraction of sp³-hybridized carbons (Fsp3) is 0.467. The molecular weight excluding hydrogens is 320 g/mol. The van der Waals surface area contributed by atoms with E-state index >= 15 is 0 Å². The molecule has 2 rings (SSSR count). The van der Waals surface area contributed by atoms with Crippen LogP contribution in [0.1, 0.15) is 35.7 Å².